The molecule has 2 heterocycles. The summed E-state index contributed by atoms with van der Waals surface area (Å²) in [6.07, 6.45) is -4.62. The third-order valence-corrected chi connectivity index (χ3v) is 5.05. The lowest BCUT2D eigenvalue weighted by atomic mass is 9.66. The molecule has 2 aliphatic heterocycles. The minimum atomic E-state index is -1.56. The number of fused-ring (bicyclic) bond motifs is 1. The smallest absolute Gasteiger partial charge is 0.331 e. The minimum Gasteiger partial charge on any atom is -0.452 e. The molecule has 1 saturated heterocycles. The normalized spacial score (nSPS) is 36.8. The van der Waals surface area contributed by atoms with E-state index < -0.39 is 41.8 Å². The monoisotopic (exact) mass is 347 g/mol. The molecule has 1 saturated carbocycles. The Labute approximate surface area is 142 Å². The topological polar surface area (TPSA) is 117 Å². The second kappa shape index (κ2) is 5.63. The zero-order valence-corrected chi connectivity index (χ0v) is 13.1. The summed E-state index contributed by atoms with van der Waals surface area (Å²) in [4.78, 5) is 29.0. The van der Waals surface area contributed by atoms with Gasteiger partial charge in [0.05, 0.1) is 6.42 Å². The first-order chi connectivity index (χ1) is 11.9. The average Bonchev–Trinajstić information content (AvgIpc) is 2.99. The average molecular weight is 347 g/mol. The maximum Gasteiger partial charge on any atom is 0.331 e. The molecule has 0 bridgehead atoms. The largest absolute Gasteiger partial charge is 0.452 e. The van der Waals surface area contributed by atoms with Gasteiger partial charge in [-0.1, -0.05) is 30.3 Å². The van der Waals surface area contributed by atoms with Crippen molar-refractivity contribution in [1.29, 1.82) is 0 Å². The highest BCUT2D eigenvalue weighted by atomic mass is 16.7. The molecule has 1 spiro atoms. The standard InChI is InChI=1S/C17H17NO7/c19-11-7-17(18(11)24-8-9-4-2-1-3-5-9)15(22)13(21)10-6-12(20)25-14(10)16(17)23/h1-6,13-16,21-23H,7-8H2/t13-,14-,15-,16-,17+/m1/s1. The van der Waals surface area contributed by atoms with E-state index in [-0.39, 0.29) is 18.6 Å². The van der Waals surface area contributed by atoms with Crippen LogP contribution in [-0.4, -0.2) is 62.2 Å². The maximum atomic E-state index is 12.1. The summed E-state index contributed by atoms with van der Waals surface area (Å²) in [6.45, 7) is 0.0526. The van der Waals surface area contributed by atoms with Gasteiger partial charge in [-0.2, -0.15) is 0 Å². The first kappa shape index (κ1) is 16.2. The number of hydrogen-bond acceptors (Lipinski definition) is 7. The molecule has 0 radical (unpaired) electrons. The first-order valence-corrected chi connectivity index (χ1v) is 7.91. The van der Waals surface area contributed by atoms with E-state index in [1.807, 2.05) is 18.2 Å². The van der Waals surface area contributed by atoms with Crippen molar-refractivity contribution in [2.24, 2.45) is 0 Å². The Bertz CT molecular complexity index is 749. The quantitative estimate of drug-likeness (QED) is 0.476. The van der Waals surface area contributed by atoms with Crippen LogP contribution in [0.4, 0.5) is 0 Å². The Morgan fingerprint density at radius 3 is 2.56 bits per heavy atom. The van der Waals surface area contributed by atoms with Crippen LogP contribution in [0.3, 0.4) is 0 Å². The molecule has 8 heteroatoms. The van der Waals surface area contributed by atoms with Crippen LogP contribution in [0.2, 0.25) is 0 Å². The van der Waals surface area contributed by atoms with E-state index in [9.17, 15) is 24.9 Å². The molecular weight excluding hydrogens is 330 g/mol. The summed E-state index contributed by atoms with van der Waals surface area (Å²) in [7, 11) is 0. The number of rotatable bonds is 3. The fourth-order valence-electron chi connectivity index (χ4n) is 3.72. The second-order valence-electron chi connectivity index (χ2n) is 6.45. The van der Waals surface area contributed by atoms with Crippen molar-refractivity contribution in [3.63, 3.8) is 0 Å². The molecular formula is C17H17NO7. The molecule has 5 atom stereocenters. The highest BCUT2D eigenvalue weighted by Crippen LogP contribution is 2.48. The number of β-lactam (4-membered cyclic amide) rings is 1. The van der Waals surface area contributed by atoms with Crippen LogP contribution in [0.25, 0.3) is 0 Å². The van der Waals surface area contributed by atoms with Crippen LogP contribution in [0.15, 0.2) is 42.0 Å². The van der Waals surface area contributed by atoms with E-state index in [1.165, 1.54) is 0 Å². The Hall–Kier alpha value is -2.26. The number of esters is 1. The van der Waals surface area contributed by atoms with Gasteiger partial charge in [-0.05, 0) is 5.56 Å². The Balaban J connectivity index is 1.60. The van der Waals surface area contributed by atoms with Gasteiger partial charge in [0.2, 0.25) is 5.91 Å². The van der Waals surface area contributed by atoms with Crippen LogP contribution in [0.5, 0.6) is 0 Å². The summed E-state index contributed by atoms with van der Waals surface area (Å²) < 4.78 is 5.03. The van der Waals surface area contributed by atoms with Crippen LogP contribution in [-0.2, 0) is 25.8 Å². The van der Waals surface area contributed by atoms with E-state index in [1.54, 1.807) is 12.1 Å². The van der Waals surface area contributed by atoms with E-state index in [0.717, 1.165) is 16.7 Å². The predicted octanol–water partition coefficient (Wildman–Crippen LogP) is -0.963. The van der Waals surface area contributed by atoms with Crippen molar-refractivity contribution in [3.8, 4) is 0 Å². The zero-order chi connectivity index (χ0) is 17.8. The summed E-state index contributed by atoms with van der Waals surface area (Å²) in [6, 6.07) is 9.08. The number of carbonyl (C=O) groups is 2. The van der Waals surface area contributed by atoms with E-state index in [4.69, 9.17) is 9.57 Å². The van der Waals surface area contributed by atoms with Gasteiger partial charge in [0.15, 0.2) is 6.10 Å². The Morgan fingerprint density at radius 2 is 1.88 bits per heavy atom. The SMILES string of the molecule is O=C1C=C2[C@@H](O)[C@@H](O)[C@@]3(CC(=O)N3OCc3ccccc3)[C@H](O)[C@@H]2O1. The maximum absolute atomic E-state index is 12.1. The number of ether oxygens (including phenoxy) is 1. The van der Waals surface area contributed by atoms with Crippen LogP contribution >= 0.6 is 0 Å². The third kappa shape index (κ3) is 2.22. The molecule has 2 fully saturated rings. The molecule has 3 aliphatic rings. The number of aliphatic hydroxyl groups is 3. The van der Waals surface area contributed by atoms with Crippen molar-refractivity contribution in [2.75, 3.05) is 0 Å². The van der Waals surface area contributed by atoms with E-state index >= 15 is 0 Å². The number of aliphatic hydroxyl groups excluding tert-OH is 3. The Morgan fingerprint density at radius 1 is 1.16 bits per heavy atom. The minimum absolute atomic E-state index is 0.0526. The summed E-state index contributed by atoms with van der Waals surface area (Å²) >= 11 is 0. The fraction of sp³-hybridized carbons (Fsp3) is 0.412. The molecule has 25 heavy (non-hydrogen) atoms. The number of hydroxylamine groups is 2. The molecule has 0 unspecified atom stereocenters. The third-order valence-electron chi connectivity index (χ3n) is 5.05. The van der Waals surface area contributed by atoms with Gasteiger partial charge in [-0.15, -0.1) is 0 Å². The first-order valence-electron chi connectivity index (χ1n) is 7.91. The van der Waals surface area contributed by atoms with Gasteiger partial charge in [0, 0.05) is 11.6 Å². The van der Waals surface area contributed by atoms with Crippen LogP contribution in [0, 0.1) is 0 Å². The number of benzene rings is 1. The van der Waals surface area contributed by atoms with Crippen LogP contribution < -0.4 is 0 Å². The molecule has 1 aliphatic carbocycles. The molecule has 1 aromatic carbocycles. The lowest BCUT2D eigenvalue weighted by molar-refractivity contribution is -0.320. The highest BCUT2D eigenvalue weighted by Gasteiger charge is 2.69. The summed E-state index contributed by atoms with van der Waals surface area (Å²) in [5.74, 6) is -1.14. The van der Waals surface area contributed by atoms with Crippen LogP contribution in [0.1, 0.15) is 12.0 Å². The summed E-state index contributed by atoms with van der Waals surface area (Å²) in [5.41, 5.74) is -0.652. The van der Waals surface area contributed by atoms with E-state index in [0.29, 0.717) is 0 Å². The lowest BCUT2D eigenvalue weighted by Gasteiger charge is -2.58. The molecule has 1 aromatic rings. The van der Waals surface area contributed by atoms with Gasteiger partial charge in [-0.25, -0.2) is 9.86 Å². The molecule has 132 valence electrons. The van der Waals surface area contributed by atoms with Crippen molar-refractivity contribution in [2.45, 2.75) is 43.0 Å². The predicted molar refractivity (Wildman–Crippen MR) is 81.4 cm³/mol. The number of carbonyl (C=O) groups excluding carboxylic acids is 2. The van der Waals surface area contributed by atoms with Crippen molar-refractivity contribution >= 4 is 11.9 Å². The van der Waals surface area contributed by atoms with Crippen molar-refractivity contribution < 1.29 is 34.5 Å². The molecule has 0 aromatic heterocycles. The fourth-order valence-corrected chi connectivity index (χ4v) is 3.72. The number of nitrogens with zero attached hydrogens (tertiary/aromatic N) is 1. The molecule has 4 rings (SSSR count). The van der Waals surface area contributed by atoms with Gasteiger partial charge < -0.3 is 20.1 Å². The zero-order valence-electron chi connectivity index (χ0n) is 13.1. The molecule has 3 N–H and O–H groups in total. The summed E-state index contributed by atoms with van der Waals surface area (Å²) in [5, 5.41) is 32.4. The van der Waals surface area contributed by atoms with Gasteiger partial charge in [0.1, 0.15) is 30.5 Å². The van der Waals surface area contributed by atoms with Gasteiger partial charge in [0.25, 0.3) is 0 Å². The van der Waals surface area contributed by atoms with Crippen molar-refractivity contribution in [3.05, 3.63) is 47.5 Å². The van der Waals surface area contributed by atoms with Gasteiger partial charge in [-0.3, -0.25) is 9.63 Å². The lowest BCUT2D eigenvalue weighted by Crippen LogP contribution is -2.80. The highest BCUT2D eigenvalue weighted by molar-refractivity contribution is 5.88. The Kier molecular flexibility index (Phi) is 3.66. The molecule has 1 amide bonds. The van der Waals surface area contributed by atoms with Gasteiger partial charge >= 0.3 is 5.97 Å². The van der Waals surface area contributed by atoms with E-state index in [2.05, 4.69) is 0 Å². The van der Waals surface area contributed by atoms with Crippen molar-refractivity contribution in [1.82, 2.24) is 5.06 Å². The second-order valence-corrected chi connectivity index (χ2v) is 6.45. The number of hydrogen-bond donors (Lipinski definition) is 3. The number of amides is 1. The molecule has 8 nitrogen and oxygen atoms in total.